The van der Waals surface area contributed by atoms with E-state index in [2.05, 4.69) is 15.6 Å². The van der Waals surface area contributed by atoms with Crippen LogP contribution in [0.2, 0.25) is 0 Å². The summed E-state index contributed by atoms with van der Waals surface area (Å²) in [4.78, 5) is 31.3. The molecule has 1 aromatic heterocycles. The van der Waals surface area contributed by atoms with Crippen LogP contribution in [0.15, 0.2) is 60.8 Å². The lowest BCUT2D eigenvalue weighted by Crippen LogP contribution is -2.35. The fourth-order valence-corrected chi connectivity index (χ4v) is 3.86. The van der Waals surface area contributed by atoms with Gasteiger partial charge in [-0.2, -0.15) is 0 Å². The molecule has 0 bridgehead atoms. The highest BCUT2D eigenvalue weighted by Gasteiger charge is 2.18. The van der Waals surface area contributed by atoms with E-state index >= 15 is 0 Å². The van der Waals surface area contributed by atoms with Crippen molar-refractivity contribution in [1.29, 1.82) is 0 Å². The minimum atomic E-state index is -0.492. The van der Waals surface area contributed by atoms with Gasteiger partial charge in [0.2, 0.25) is 0 Å². The van der Waals surface area contributed by atoms with Gasteiger partial charge in [0.05, 0.1) is 7.11 Å². The Hall–Kier alpha value is -3.94. The van der Waals surface area contributed by atoms with Gasteiger partial charge in [-0.05, 0) is 67.3 Å². The van der Waals surface area contributed by atoms with E-state index < -0.39 is 11.8 Å². The van der Waals surface area contributed by atoms with Gasteiger partial charge in [0, 0.05) is 42.2 Å². The second kappa shape index (κ2) is 10.1. The Labute approximate surface area is 191 Å². The van der Waals surface area contributed by atoms with Gasteiger partial charge in [-0.3, -0.25) is 10.1 Å². The number of methoxy groups -OCH3 is 1. The standard InChI is InChI=1S/C25H25FN4O3/c1-33-22-16-19(26)8-9-21(22)17-10-11-27-23(15-17)29-25(32)28-20-7-5-6-18(14-20)24(31)30-12-3-2-4-13-30/h5-11,14-16H,2-4,12-13H2,1H3,(H2,27,28,29,32). The summed E-state index contributed by atoms with van der Waals surface area (Å²) in [5, 5.41) is 5.43. The monoisotopic (exact) mass is 448 g/mol. The number of amides is 3. The molecule has 0 saturated carbocycles. The molecule has 0 radical (unpaired) electrons. The summed E-state index contributed by atoms with van der Waals surface area (Å²) < 4.78 is 18.8. The number of likely N-dealkylation sites (tertiary alicyclic amines) is 1. The number of carbonyl (C=O) groups is 2. The van der Waals surface area contributed by atoms with Crippen LogP contribution >= 0.6 is 0 Å². The molecule has 7 nitrogen and oxygen atoms in total. The normalized spacial score (nSPS) is 13.3. The zero-order valence-corrected chi connectivity index (χ0v) is 18.3. The van der Waals surface area contributed by atoms with Crippen LogP contribution in [-0.2, 0) is 0 Å². The second-order valence-corrected chi connectivity index (χ2v) is 7.79. The lowest BCUT2D eigenvalue weighted by molar-refractivity contribution is 0.0724. The average Bonchev–Trinajstić information content (AvgIpc) is 2.84. The first-order valence-electron chi connectivity index (χ1n) is 10.8. The number of nitrogens with zero attached hydrogens (tertiary/aromatic N) is 2. The van der Waals surface area contributed by atoms with Crippen LogP contribution < -0.4 is 15.4 Å². The number of urea groups is 1. The second-order valence-electron chi connectivity index (χ2n) is 7.79. The first kappa shape index (κ1) is 22.3. The van der Waals surface area contributed by atoms with Crippen molar-refractivity contribution in [2.45, 2.75) is 19.3 Å². The van der Waals surface area contributed by atoms with Gasteiger partial charge in [-0.15, -0.1) is 0 Å². The largest absolute Gasteiger partial charge is 0.496 e. The third-order valence-corrected chi connectivity index (χ3v) is 5.49. The van der Waals surface area contributed by atoms with Crippen LogP contribution in [0.3, 0.4) is 0 Å². The number of carbonyl (C=O) groups excluding carboxylic acids is 2. The predicted molar refractivity (Wildman–Crippen MR) is 125 cm³/mol. The Bertz CT molecular complexity index is 1160. The molecular weight excluding hydrogens is 423 g/mol. The van der Waals surface area contributed by atoms with Gasteiger partial charge in [-0.25, -0.2) is 14.2 Å². The highest BCUT2D eigenvalue weighted by atomic mass is 19.1. The lowest BCUT2D eigenvalue weighted by atomic mass is 10.1. The summed E-state index contributed by atoms with van der Waals surface area (Å²) in [5.41, 5.74) is 2.44. The van der Waals surface area contributed by atoms with E-state index in [1.807, 2.05) is 4.90 Å². The molecule has 1 fully saturated rings. The maximum absolute atomic E-state index is 13.5. The van der Waals surface area contributed by atoms with Gasteiger partial charge in [0.15, 0.2) is 0 Å². The van der Waals surface area contributed by atoms with Crippen LogP contribution in [-0.4, -0.2) is 42.0 Å². The SMILES string of the molecule is COc1cc(F)ccc1-c1ccnc(NC(=O)Nc2cccc(C(=O)N3CCCCC3)c2)c1. The Balaban J connectivity index is 1.44. The minimum absolute atomic E-state index is 0.0265. The van der Waals surface area contributed by atoms with Crippen molar-refractivity contribution in [2.24, 2.45) is 0 Å². The highest BCUT2D eigenvalue weighted by molar-refractivity contribution is 6.01. The molecule has 8 heteroatoms. The lowest BCUT2D eigenvalue weighted by Gasteiger charge is -2.26. The number of benzene rings is 2. The van der Waals surface area contributed by atoms with Gasteiger partial charge < -0.3 is 15.0 Å². The summed E-state index contributed by atoms with van der Waals surface area (Å²) in [6, 6.07) is 14.1. The van der Waals surface area contributed by atoms with Gasteiger partial charge in [0.25, 0.3) is 5.91 Å². The van der Waals surface area contributed by atoms with Crippen molar-refractivity contribution >= 4 is 23.4 Å². The molecular formula is C25H25FN4O3. The van der Waals surface area contributed by atoms with E-state index in [1.54, 1.807) is 48.7 Å². The third-order valence-electron chi connectivity index (χ3n) is 5.49. The number of hydrogen-bond donors (Lipinski definition) is 2. The topological polar surface area (TPSA) is 83.6 Å². The third kappa shape index (κ3) is 5.46. The number of nitrogens with one attached hydrogen (secondary N) is 2. The highest BCUT2D eigenvalue weighted by Crippen LogP contribution is 2.31. The number of anilines is 2. The van der Waals surface area contributed by atoms with Crippen molar-refractivity contribution in [2.75, 3.05) is 30.8 Å². The number of ether oxygens (including phenoxy) is 1. The summed E-state index contributed by atoms with van der Waals surface area (Å²) >= 11 is 0. The maximum atomic E-state index is 13.5. The summed E-state index contributed by atoms with van der Waals surface area (Å²) in [7, 11) is 1.47. The van der Waals surface area contributed by atoms with Crippen LogP contribution in [0.25, 0.3) is 11.1 Å². The zero-order chi connectivity index (χ0) is 23.2. The van der Waals surface area contributed by atoms with Gasteiger partial charge in [-0.1, -0.05) is 6.07 Å². The van der Waals surface area contributed by atoms with E-state index in [4.69, 9.17) is 4.74 Å². The Morgan fingerprint density at radius 2 is 1.82 bits per heavy atom. The van der Waals surface area contributed by atoms with E-state index in [1.165, 1.54) is 19.2 Å². The first-order valence-corrected chi connectivity index (χ1v) is 10.8. The smallest absolute Gasteiger partial charge is 0.324 e. The molecule has 1 aliphatic rings. The number of piperidine rings is 1. The molecule has 2 heterocycles. The van der Waals surface area contributed by atoms with Crippen LogP contribution in [0, 0.1) is 5.82 Å². The molecule has 33 heavy (non-hydrogen) atoms. The molecule has 1 aliphatic heterocycles. The van der Waals surface area contributed by atoms with Crippen LogP contribution in [0.1, 0.15) is 29.6 Å². The number of halogens is 1. The molecule has 3 aromatic rings. The fourth-order valence-electron chi connectivity index (χ4n) is 3.86. The average molecular weight is 448 g/mol. The van der Waals surface area contributed by atoms with Crippen molar-refractivity contribution in [3.8, 4) is 16.9 Å². The van der Waals surface area contributed by atoms with Gasteiger partial charge in [0.1, 0.15) is 17.4 Å². The van der Waals surface area contributed by atoms with E-state index in [0.29, 0.717) is 33.9 Å². The van der Waals surface area contributed by atoms with Crippen LogP contribution in [0.4, 0.5) is 20.7 Å². The van der Waals surface area contributed by atoms with Crippen molar-refractivity contribution in [3.63, 3.8) is 0 Å². The fraction of sp³-hybridized carbons (Fsp3) is 0.240. The molecule has 0 atom stereocenters. The Morgan fingerprint density at radius 1 is 1.00 bits per heavy atom. The first-order chi connectivity index (χ1) is 16.0. The number of rotatable bonds is 5. The molecule has 0 aliphatic carbocycles. The van der Waals surface area contributed by atoms with Crippen molar-refractivity contribution < 1.29 is 18.7 Å². The Kier molecular flexibility index (Phi) is 6.83. The number of hydrogen-bond acceptors (Lipinski definition) is 4. The molecule has 0 unspecified atom stereocenters. The molecule has 1 saturated heterocycles. The molecule has 2 aromatic carbocycles. The number of pyridine rings is 1. The van der Waals surface area contributed by atoms with E-state index in [0.717, 1.165) is 32.4 Å². The molecule has 170 valence electrons. The Morgan fingerprint density at radius 3 is 2.61 bits per heavy atom. The number of aromatic nitrogens is 1. The molecule has 4 rings (SSSR count). The van der Waals surface area contributed by atoms with Crippen molar-refractivity contribution in [1.82, 2.24) is 9.88 Å². The summed E-state index contributed by atoms with van der Waals surface area (Å²) in [5.74, 6) is 0.272. The molecule has 3 amide bonds. The predicted octanol–water partition coefficient (Wildman–Crippen LogP) is 5.17. The quantitative estimate of drug-likeness (QED) is 0.564. The summed E-state index contributed by atoms with van der Waals surface area (Å²) in [6.07, 6.45) is 4.73. The van der Waals surface area contributed by atoms with Crippen LogP contribution in [0.5, 0.6) is 5.75 Å². The van der Waals surface area contributed by atoms with E-state index in [9.17, 15) is 14.0 Å². The minimum Gasteiger partial charge on any atom is -0.496 e. The maximum Gasteiger partial charge on any atom is 0.324 e. The molecule has 0 spiro atoms. The zero-order valence-electron chi connectivity index (χ0n) is 18.3. The van der Waals surface area contributed by atoms with Crippen molar-refractivity contribution in [3.05, 3.63) is 72.2 Å². The van der Waals surface area contributed by atoms with Gasteiger partial charge >= 0.3 is 6.03 Å². The summed E-state index contributed by atoms with van der Waals surface area (Å²) in [6.45, 7) is 1.52. The molecule has 2 N–H and O–H groups in total. The van der Waals surface area contributed by atoms with E-state index in [-0.39, 0.29) is 5.91 Å².